The van der Waals surface area contributed by atoms with Crippen LogP contribution < -0.4 is 10.6 Å². The molecule has 14 heteroatoms. The number of nitrogens with one attached hydrogen (secondary N) is 3. The Labute approximate surface area is 259 Å². The number of aryl methyl sites for hydroxylation is 1. The first-order valence-electron chi connectivity index (χ1n) is 14.5. The van der Waals surface area contributed by atoms with Gasteiger partial charge in [-0.05, 0) is 37.3 Å². The van der Waals surface area contributed by atoms with Crippen molar-refractivity contribution in [3.05, 3.63) is 64.3 Å². The fraction of sp³-hybridized carbons (Fsp3) is 0.433. The number of amides is 3. The predicted octanol–water partition coefficient (Wildman–Crippen LogP) is 3.09. The Balaban J connectivity index is 0.00000141. The van der Waals surface area contributed by atoms with Gasteiger partial charge in [0.2, 0.25) is 11.8 Å². The molecule has 13 nitrogen and oxygen atoms in total. The minimum absolute atomic E-state index is 0.179. The Bertz CT molecular complexity index is 1560. The summed E-state index contributed by atoms with van der Waals surface area (Å²) in [5, 5.41) is 20.4. The second-order valence-corrected chi connectivity index (χ2v) is 11.7. The van der Waals surface area contributed by atoms with Gasteiger partial charge >= 0.3 is 0 Å². The van der Waals surface area contributed by atoms with Gasteiger partial charge < -0.3 is 25.6 Å². The summed E-state index contributed by atoms with van der Waals surface area (Å²) in [5.41, 5.74) is 3.94. The number of carbonyl (C=O) groups is 4. The molecule has 0 saturated heterocycles. The molecule has 3 amide bonds. The van der Waals surface area contributed by atoms with Crippen molar-refractivity contribution in [2.24, 2.45) is 5.92 Å². The molecular weight excluding hydrogens is 584 g/mol. The third-order valence-corrected chi connectivity index (χ3v) is 7.83. The van der Waals surface area contributed by atoms with Gasteiger partial charge in [0.15, 0.2) is 0 Å². The topological polar surface area (TPSA) is 175 Å². The van der Waals surface area contributed by atoms with E-state index >= 15 is 0 Å². The lowest BCUT2D eigenvalue weighted by atomic mass is 10.0. The van der Waals surface area contributed by atoms with Crippen molar-refractivity contribution in [3.63, 3.8) is 0 Å². The summed E-state index contributed by atoms with van der Waals surface area (Å²) in [6, 6.07) is 6.69. The molecule has 0 fully saturated rings. The predicted molar refractivity (Wildman–Crippen MR) is 165 cm³/mol. The number of H-pyrrole nitrogens is 1. The van der Waals surface area contributed by atoms with Gasteiger partial charge in [0, 0.05) is 48.4 Å². The van der Waals surface area contributed by atoms with Crippen LogP contribution in [0.5, 0.6) is 0 Å². The molecule has 4 N–H and O–H groups in total. The highest BCUT2D eigenvalue weighted by Gasteiger charge is 2.29. The number of rotatable bonds is 5. The average molecular weight is 623 g/mol. The van der Waals surface area contributed by atoms with Gasteiger partial charge in [0.25, 0.3) is 12.4 Å². The largest absolute Gasteiger partial charge is 0.483 e. The summed E-state index contributed by atoms with van der Waals surface area (Å²) < 4.78 is 1.79. The Morgan fingerprint density at radius 1 is 1.16 bits per heavy atom. The van der Waals surface area contributed by atoms with E-state index in [0.29, 0.717) is 56.2 Å². The molecule has 0 aliphatic carbocycles. The number of aromatic nitrogens is 5. The maximum Gasteiger partial charge on any atom is 0.290 e. The van der Waals surface area contributed by atoms with Crippen LogP contribution in [0.25, 0.3) is 10.9 Å². The van der Waals surface area contributed by atoms with Crippen LogP contribution in [-0.2, 0) is 27.3 Å². The zero-order chi connectivity index (χ0) is 31.6. The highest BCUT2D eigenvalue weighted by molar-refractivity contribution is 7.07. The van der Waals surface area contributed by atoms with Gasteiger partial charge in [0.05, 0.1) is 18.1 Å². The van der Waals surface area contributed by atoms with Crippen LogP contribution in [0.15, 0.2) is 41.4 Å². The highest BCUT2D eigenvalue weighted by Crippen LogP contribution is 2.23. The molecule has 1 aliphatic heterocycles. The van der Waals surface area contributed by atoms with Gasteiger partial charge in [-0.25, -0.2) is 14.6 Å². The number of benzene rings is 1. The van der Waals surface area contributed by atoms with Crippen LogP contribution in [0.3, 0.4) is 0 Å². The lowest BCUT2D eigenvalue weighted by molar-refractivity contribution is -0.129. The molecule has 0 spiro atoms. The van der Waals surface area contributed by atoms with E-state index < -0.39 is 12.1 Å². The average Bonchev–Trinajstić information content (AvgIpc) is 3.74. The van der Waals surface area contributed by atoms with Crippen molar-refractivity contribution in [1.29, 1.82) is 0 Å². The van der Waals surface area contributed by atoms with E-state index in [1.807, 2.05) is 37.4 Å². The second kappa shape index (κ2) is 15.2. The molecule has 234 valence electrons. The fourth-order valence-corrected chi connectivity index (χ4v) is 5.83. The minimum Gasteiger partial charge on any atom is -0.483 e. The first-order chi connectivity index (χ1) is 21.2. The fourth-order valence-electron chi connectivity index (χ4n) is 5.30. The first-order valence-corrected chi connectivity index (χ1v) is 15.5. The normalized spacial score (nSPS) is 18.0. The summed E-state index contributed by atoms with van der Waals surface area (Å²) in [6.45, 7) is 6.90. The van der Waals surface area contributed by atoms with Crippen molar-refractivity contribution in [2.45, 2.75) is 65.1 Å². The Kier molecular flexibility index (Phi) is 11.2. The van der Waals surface area contributed by atoms with Crippen LogP contribution in [0.1, 0.15) is 66.9 Å². The number of thiazole rings is 1. The second-order valence-electron chi connectivity index (χ2n) is 11.0. The zero-order valence-corrected chi connectivity index (χ0v) is 25.8. The number of carbonyl (C=O) groups excluding carboxylic acids is 3. The number of hydrogen-bond donors (Lipinski definition) is 4. The molecule has 1 aliphatic rings. The third-order valence-electron chi connectivity index (χ3n) is 7.24. The number of para-hydroxylation sites is 1. The number of carboxylic acid groups (broad SMARTS) is 1. The molecule has 0 radical (unpaired) electrons. The van der Waals surface area contributed by atoms with Crippen molar-refractivity contribution >= 4 is 46.4 Å². The monoisotopic (exact) mass is 622 g/mol. The van der Waals surface area contributed by atoms with Crippen LogP contribution in [0.2, 0.25) is 0 Å². The molecule has 4 aromatic rings. The van der Waals surface area contributed by atoms with Crippen molar-refractivity contribution in [1.82, 2.24) is 40.3 Å². The Hall–Kier alpha value is -4.59. The van der Waals surface area contributed by atoms with Gasteiger partial charge in [-0.3, -0.25) is 19.2 Å². The summed E-state index contributed by atoms with van der Waals surface area (Å²) in [7, 11) is 0. The van der Waals surface area contributed by atoms with Gasteiger partial charge in [0.1, 0.15) is 23.4 Å². The summed E-state index contributed by atoms with van der Waals surface area (Å²) in [5.74, 6) is 0.810. The standard InChI is InChI=1S/C29H36N8O3S.CH2O2/c1-18(2)13-23-27-32-19(3)35-37(27)12-11-36(29(40)25-16-41-17-31-25)10-6-9-26(38)33-24(28(39)34-23)14-20-15-30-22-8-5-4-7-21(20)22;2-1-3/h4-5,7-8,15-18,23-24,30H,6,9-14H2,1-3H3,(H,33,38)(H,34,39);1H,(H,2,3)/t23-,24+;/m0./s1. The van der Waals surface area contributed by atoms with E-state index in [1.54, 1.807) is 20.5 Å². The van der Waals surface area contributed by atoms with Crippen molar-refractivity contribution in [3.8, 4) is 0 Å². The number of fused-ring (bicyclic) bond motifs is 2. The summed E-state index contributed by atoms with van der Waals surface area (Å²) in [6.07, 6.45) is 3.49. The quantitative estimate of drug-likeness (QED) is 0.246. The number of nitrogens with zero attached hydrogens (tertiary/aromatic N) is 5. The van der Waals surface area contributed by atoms with E-state index in [2.05, 4.69) is 39.5 Å². The molecule has 0 unspecified atom stereocenters. The lowest BCUT2D eigenvalue weighted by Gasteiger charge is -2.27. The van der Waals surface area contributed by atoms with Crippen molar-refractivity contribution in [2.75, 3.05) is 13.1 Å². The van der Waals surface area contributed by atoms with Crippen molar-refractivity contribution < 1.29 is 24.3 Å². The van der Waals surface area contributed by atoms with E-state index in [9.17, 15) is 14.4 Å². The maximum atomic E-state index is 13.8. The smallest absolute Gasteiger partial charge is 0.290 e. The van der Waals surface area contributed by atoms with E-state index in [0.717, 1.165) is 16.5 Å². The Morgan fingerprint density at radius 2 is 1.93 bits per heavy atom. The van der Waals surface area contributed by atoms with E-state index in [4.69, 9.17) is 14.9 Å². The van der Waals surface area contributed by atoms with Gasteiger partial charge in [-0.2, -0.15) is 5.10 Å². The molecule has 5 rings (SSSR count). The molecule has 1 aromatic carbocycles. The maximum absolute atomic E-state index is 13.8. The van der Waals surface area contributed by atoms with Gasteiger partial charge in [-0.15, -0.1) is 11.3 Å². The van der Waals surface area contributed by atoms with Crippen LogP contribution in [-0.4, -0.2) is 78.1 Å². The lowest BCUT2D eigenvalue weighted by Crippen LogP contribution is -2.49. The molecule has 0 saturated carbocycles. The molecule has 4 heterocycles. The van der Waals surface area contributed by atoms with Crippen LogP contribution in [0.4, 0.5) is 0 Å². The van der Waals surface area contributed by atoms with Gasteiger partial charge in [-0.1, -0.05) is 32.0 Å². The Morgan fingerprint density at radius 3 is 2.66 bits per heavy atom. The van der Waals surface area contributed by atoms with Crippen LogP contribution in [0, 0.1) is 12.8 Å². The molecule has 2 atom stereocenters. The molecule has 3 aromatic heterocycles. The zero-order valence-electron chi connectivity index (χ0n) is 25.0. The number of hydrogen-bond acceptors (Lipinski definition) is 8. The highest BCUT2D eigenvalue weighted by atomic mass is 32.1. The van der Waals surface area contributed by atoms with Crippen LogP contribution >= 0.6 is 11.3 Å². The third kappa shape index (κ3) is 8.28. The first kappa shape index (κ1) is 32.3. The SMILES string of the molecule is Cc1nc2n(n1)CCN(C(=O)c1cscn1)CCCC(=O)N[C@H](Cc1c[nH]c3ccccc13)C(=O)N[C@H]2CC(C)C.O=CO. The summed E-state index contributed by atoms with van der Waals surface area (Å²) >= 11 is 1.37. The minimum atomic E-state index is -0.787. The molecule has 0 bridgehead atoms. The van der Waals surface area contributed by atoms with E-state index in [-0.39, 0.29) is 36.5 Å². The molecule has 44 heavy (non-hydrogen) atoms. The number of aromatic amines is 1. The summed E-state index contributed by atoms with van der Waals surface area (Å²) in [4.78, 5) is 62.4. The van der Waals surface area contributed by atoms with E-state index in [1.165, 1.54) is 11.3 Å². The molecular formula is C30H38N8O5S.